The third-order valence-electron chi connectivity index (χ3n) is 2.04. The van der Waals surface area contributed by atoms with Crippen molar-refractivity contribution in [3.8, 4) is 0 Å². The molecule has 0 radical (unpaired) electrons. The molecule has 4 nitrogen and oxygen atoms in total. The summed E-state index contributed by atoms with van der Waals surface area (Å²) in [4.78, 5) is 14.7. The minimum absolute atomic E-state index is 0.0470. The molecule has 1 heterocycles. The number of rotatable bonds is 4. The van der Waals surface area contributed by atoms with Crippen molar-refractivity contribution < 1.29 is 22.5 Å². The van der Waals surface area contributed by atoms with Gasteiger partial charge in [0.15, 0.2) is 5.82 Å². The van der Waals surface area contributed by atoms with Crippen LogP contribution in [-0.4, -0.2) is 22.1 Å². The van der Waals surface area contributed by atoms with E-state index in [9.17, 15) is 18.0 Å². The topological polar surface area (TPSA) is 56.0 Å². The van der Waals surface area contributed by atoms with Gasteiger partial charge in [-0.25, -0.2) is 0 Å². The Bertz CT molecular complexity index is 373. The van der Waals surface area contributed by atoms with E-state index in [2.05, 4.69) is 14.7 Å². The van der Waals surface area contributed by atoms with Gasteiger partial charge in [-0.2, -0.15) is 18.2 Å². The first-order chi connectivity index (χ1) is 7.33. The zero-order valence-electron chi connectivity index (χ0n) is 8.84. The molecule has 16 heavy (non-hydrogen) atoms. The second kappa shape index (κ2) is 4.63. The van der Waals surface area contributed by atoms with Crippen LogP contribution in [0.3, 0.4) is 0 Å². The lowest BCUT2D eigenvalue weighted by atomic mass is 10.0. The van der Waals surface area contributed by atoms with Gasteiger partial charge in [0.05, 0.1) is 5.92 Å². The fourth-order valence-corrected chi connectivity index (χ4v) is 1.30. The quantitative estimate of drug-likeness (QED) is 0.804. The second-order valence-electron chi connectivity index (χ2n) is 3.41. The van der Waals surface area contributed by atoms with E-state index >= 15 is 0 Å². The molecule has 0 spiro atoms. The lowest BCUT2D eigenvalue weighted by Gasteiger charge is -2.03. The number of nitrogens with zero attached hydrogens (tertiary/aromatic N) is 2. The Hall–Kier alpha value is -1.40. The summed E-state index contributed by atoms with van der Waals surface area (Å²) in [6.45, 7) is 3.06. The molecule has 90 valence electrons. The van der Waals surface area contributed by atoms with Crippen molar-refractivity contribution in [2.24, 2.45) is 0 Å². The van der Waals surface area contributed by atoms with Crippen LogP contribution in [0.4, 0.5) is 13.2 Å². The van der Waals surface area contributed by atoms with Crippen molar-refractivity contribution in [3.63, 3.8) is 0 Å². The summed E-state index contributed by atoms with van der Waals surface area (Å²) < 4.78 is 40.7. The van der Waals surface area contributed by atoms with Gasteiger partial charge in [-0.1, -0.05) is 12.1 Å². The van der Waals surface area contributed by atoms with Gasteiger partial charge in [0.25, 0.3) is 0 Å². The Morgan fingerprint density at radius 2 is 2.12 bits per heavy atom. The van der Waals surface area contributed by atoms with Gasteiger partial charge >= 0.3 is 6.18 Å². The van der Waals surface area contributed by atoms with E-state index in [0.717, 1.165) is 0 Å². The smallest absolute Gasteiger partial charge is 0.339 e. The van der Waals surface area contributed by atoms with Crippen LogP contribution >= 0.6 is 0 Å². The Morgan fingerprint density at radius 1 is 1.50 bits per heavy atom. The normalized spacial score (nSPS) is 13.8. The highest BCUT2D eigenvalue weighted by molar-refractivity contribution is 5.82. The molecule has 0 aliphatic carbocycles. The molecule has 1 aromatic heterocycles. The SMILES string of the molecule is CCC(C(C)=O)c1nc(CC(F)(F)F)no1. The van der Waals surface area contributed by atoms with Crippen molar-refractivity contribution in [3.05, 3.63) is 11.7 Å². The average Bonchev–Trinajstić information content (AvgIpc) is 2.50. The molecule has 7 heteroatoms. The third-order valence-corrected chi connectivity index (χ3v) is 2.04. The average molecular weight is 236 g/mol. The van der Waals surface area contributed by atoms with Gasteiger partial charge in [0.1, 0.15) is 12.2 Å². The predicted molar refractivity (Wildman–Crippen MR) is 47.8 cm³/mol. The molecule has 0 aliphatic rings. The molecule has 0 saturated heterocycles. The molecular formula is C9H11F3N2O2. The number of Topliss-reactive ketones (excluding diaryl/α,β-unsaturated/α-hetero) is 1. The van der Waals surface area contributed by atoms with Crippen LogP contribution in [0.1, 0.15) is 37.9 Å². The number of carbonyl (C=O) groups is 1. The molecule has 0 fully saturated rings. The lowest BCUT2D eigenvalue weighted by Crippen LogP contribution is -2.13. The third kappa shape index (κ3) is 3.32. The molecule has 1 rings (SSSR count). The molecule has 1 aromatic rings. The highest BCUT2D eigenvalue weighted by Crippen LogP contribution is 2.22. The maximum atomic E-state index is 12.0. The monoisotopic (exact) mass is 236 g/mol. The van der Waals surface area contributed by atoms with E-state index in [-0.39, 0.29) is 11.7 Å². The zero-order valence-corrected chi connectivity index (χ0v) is 8.84. The van der Waals surface area contributed by atoms with Gasteiger partial charge in [-0.3, -0.25) is 4.79 Å². The van der Waals surface area contributed by atoms with Crippen molar-refractivity contribution in [2.45, 2.75) is 38.8 Å². The summed E-state index contributed by atoms with van der Waals surface area (Å²) in [6.07, 6.45) is -5.20. The van der Waals surface area contributed by atoms with E-state index in [1.54, 1.807) is 6.92 Å². The Balaban J connectivity index is 2.82. The largest absolute Gasteiger partial charge is 0.396 e. The molecule has 0 aromatic carbocycles. The summed E-state index contributed by atoms with van der Waals surface area (Å²) in [7, 11) is 0. The van der Waals surface area contributed by atoms with Crippen LogP contribution in [0.25, 0.3) is 0 Å². The first-order valence-corrected chi connectivity index (χ1v) is 4.73. The molecule has 0 aliphatic heterocycles. The van der Waals surface area contributed by atoms with Gasteiger partial charge in [0, 0.05) is 0 Å². The number of aromatic nitrogens is 2. The molecule has 0 N–H and O–H groups in total. The minimum atomic E-state index is -4.38. The summed E-state index contributed by atoms with van der Waals surface area (Å²) in [5.74, 6) is -1.31. The number of alkyl halides is 3. The number of carbonyl (C=O) groups excluding carboxylic acids is 1. The van der Waals surface area contributed by atoms with E-state index in [1.165, 1.54) is 6.92 Å². The van der Waals surface area contributed by atoms with Crippen LogP contribution in [0.5, 0.6) is 0 Å². The van der Waals surface area contributed by atoms with Crippen LogP contribution in [-0.2, 0) is 11.2 Å². The molecule has 0 saturated carbocycles. The fraction of sp³-hybridized carbons (Fsp3) is 0.667. The van der Waals surface area contributed by atoms with Gasteiger partial charge in [-0.15, -0.1) is 0 Å². The summed E-state index contributed by atoms with van der Waals surface area (Å²) in [6, 6.07) is 0. The predicted octanol–water partition coefficient (Wildman–Crippen LogP) is 2.26. The van der Waals surface area contributed by atoms with Crippen LogP contribution in [0.15, 0.2) is 4.52 Å². The van der Waals surface area contributed by atoms with Crippen molar-refractivity contribution >= 4 is 5.78 Å². The van der Waals surface area contributed by atoms with E-state index in [0.29, 0.717) is 6.42 Å². The maximum absolute atomic E-state index is 12.0. The highest BCUT2D eigenvalue weighted by Gasteiger charge is 2.31. The molecule has 1 atom stereocenters. The number of halogens is 3. The number of hydrogen-bond acceptors (Lipinski definition) is 4. The maximum Gasteiger partial charge on any atom is 0.396 e. The van der Waals surface area contributed by atoms with E-state index in [4.69, 9.17) is 0 Å². The standard InChI is InChI=1S/C9H11F3N2O2/c1-3-6(5(2)15)8-13-7(14-16-8)4-9(10,11)12/h6H,3-4H2,1-2H3. The van der Waals surface area contributed by atoms with Crippen molar-refractivity contribution in [2.75, 3.05) is 0 Å². The van der Waals surface area contributed by atoms with Crippen molar-refractivity contribution in [1.29, 1.82) is 0 Å². The Labute approximate surface area is 89.8 Å². The molecule has 0 bridgehead atoms. The first kappa shape index (κ1) is 12.7. The second-order valence-corrected chi connectivity index (χ2v) is 3.41. The van der Waals surface area contributed by atoms with E-state index in [1.807, 2.05) is 0 Å². The fourth-order valence-electron chi connectivity index (χ4n) is 1.30. The van der Waals surface area contributed by atoms with Crippen LogP contribution < -0.4 is 0 Å². The summed E-state index contributed by atoms with van der Waals surface area (Å²) in [5, 5.41) is 3.19. The van der Waals surface area contributed by atoms with Gasteiger partial charge in [-0.05, 0) is 13.3 Å². The first-order valence-electron chi connectivity index (χ1n) is 4.73. The lowest BCUT2D eigenvalue weighted by molar-refractivity contribution is -0.128. The zero-order chi connectivity index (χ0) is 12.3. The molecule has 0 amide bonds. The Kier molecular flexibility index (Phi) is 3.66. The van der Waals surface area contributed by atoms with Crippen LogP contribution in [0, 0.1) is 0 Å². The summed E-state index contributed by atoms with van der Waals surface area (Å²) in [5.41, 5.74) is 0. The molecule has 1 unspecified atom stereocenters. The molecular weight excluding hydrogens is 225 g/mol. The minimum Gasteiger partial charge on any atom is -0.339 e. The van der Waals surface area contributed by atoms with Crippen molar-refractivity contribution in [1.82, 2.24) is 10.1 Å². The number of hydrogen-bond donors (Lipinski definition) is 0. The van der Waals surface area contributed by atoms with Gasteiger partial charge in [0.2, 0.25) is 5.89 Å². The summed E-state index contributed by atoms with van der Waals surface area (Å²) >= 11 is 0. The Morgan fingerprint density at radius 3 is 2.56 bits per heavy atom. The van der Waals surface area contributed by atoms with Gasteiger partial charge < -0.3 is 4.52 Å². The van der Waals surface area contributed by atoms with Crippen LogP contribution in [0.2, 0.25) is 0 Å². The van der Waals surface area contributed by atoms with E-state index < -0.39 is 24.3 Å². The number of ketones is 1. The highest BCUT2D eigenvalue weighted by atomic mass is 19.4.